The molecule has 0 aliphatic carbocycles. The van der Waals surface area contributed by atoms with Crippen molar-refractivity contribution < 1.29 is 17.9 Å². The number of carbonyl (C=O) groups excluding carboxylic acids is 1. The van der Waals surface area contributed by atoms with Gasteiger partial charge < -0.3 is 9.64 Å². The van der Waals surface area contributed by atoms with Gasteiger partial charge in [0.05, 0.1) is 10.4 Å². The lowest BCUT2D eigenvalue weighted by molar-refractivity contribution is -0.132. The first-order valence-electron chi connectivity index (χ1n) is 8.91. The zero-order valence-electron chi connectivity index (χ0n) is 15.4. The summed E-state index contributed by atoms with van der Waals surface area (Å²) in [6.45, 7) is 2.72. The van der Waals surface area contributed by atoms with Crippen LogP contribution in [0, 0.1) is 6.92 Å². The summed E-state index contributed by atoms with van der Waals surface area (Å²) in [6, 6.07) is 14.6. The van der Waals surface area contributed by atoms with E-state index in [4.69, 9.17) is 4.74 Å². The third-order valence-corrected chi connectivity index (χ3v) is 7.66. The van der Waals surface area contributed by atoms with Gasteiger partial charge in [0.15, 0.2) is 6.61 Å². The van der Waals surface area contributed by atoms with Gasteiger partial charge in [0, 0.05) is 20.1 Å². The van der Waals surface area contributed by atoms with E-state index in [1.807, 2.05) is 43.3 Å². The molecule has 6 nitrogen and oxygen atoms in total. The van der Waals surface area contributed by atoms with Gasteiger partial charge in [-0.05, 0) is 36.6 Å². The van der Waals surface area contributed by atoms with Gasteiger partial charge in [-0.15, -0.1) is 0 Å². The van der Waals surface area contributed by atoms with Gasteiger partial charge in [0.1, 0.15) is 5.75 Å². The van der Waals surface area contributed by atoms with Crippen LogP contribution in [0.1, 0.15) is 17.5 Å². The fourth-order valence-electron chi connectivity index (χ4n) is 4.06. The van der Waals surface area contributed by atoms with Crippen LogP contribution in [0.25, 0.3) is 0 Å². The van der Waals surface area contributed by atoms with Crippen LogP contribution in [0.15, 0.2) is 53.4 Å². The van der Waals surface area contributed by atoms with Gasteiger partial charge in [-0.25, -0.2) is 8.42 Å². The first-order chi connectivity index (χ1) is 12.9. The maximum Gasteiger partial charge on any atom is 0.260 e. The van der Waals surface area contributed by atoms with E-state index in [0.717, 1.165) is 11.1 Å². The Morgan fingerprint density at radius 3 is 2.63 bits per heavy atom. The number of para-hydroxylation sites is 1. The summed E-state index contributed by atoms with van der Waals surface area (Å²) < 4.78 is 32.6. The van der Waals surface area contributed by atoms with Crippen molar-refractivity contribution >= 4 is 15.9 Å². The number of hydrogen-bond donors (Lipinski definition) is 0. The Morgan fingerprint density at radius 1 is 1.15 bits per heavy atom. The van der Waals surface area contributed by atoms with Crippen LogP contribution in [-0.2, 0) is 20.4 Å². The molecule has 1 unspecified atom stereocenters. The minimum Gasteiger partial charge on any atom is -0.484 e. The summed E-state index contributed by atoms with van der Waals surface area (Å²) in [4.78, 5) is 14.7. The molecule has 2 aliphatic heterocycles. The number of rotatable bonds is 3. The lowest BCUT2D eigenvalue weighted by atomic mass is 9.89. The normalized spacial score (nSPS) is 23.6. The second-order valence-electron chi connectivity index (χ2n) is 7.12. The summed E-state index contributed by atoms with van der Waals surface area (Å²) in [6.07, 6.45) is 0.579. The number of aryl methyl sites for hydroxylation is 1. The van der Waals surface area contributed by atoms with Gasteiger partial charge >= 0.3 is 0 Å². The molecule has 1 spiro atoms. The number of benzene rings is 2. The minimum absolute atomic E-state index is 0.0565. The number of amides is 1. The SMILES string of the molecule is Cc1ccccc1OCC(=O)N1CCC2(C1)c1ccccc1S(=O)(=O)N2C. The zero-order valence-corrected chi connectivity index (χ0v) is 16.2. The molecule has 142 valence electrons. The molecule has 2 aromatic carbocycles. The molecule has 0 saturated carbocycles. The first-order valence-corrected chi connectivity index (χ1v) is 10.3. The highest BCUT2D eigenvalue weighted by Gasteiger charge is 2.55. The van der Waals surface area contributed by atoms with Gasteiger partial charge in [-0.3, -0.25) is 4.79 Å². The maximum absolute atomic E-state index is 12.8. The summed E-state index contributed by atoms with van der Waals surface area (Å²) in [7, 11) is -1.92. The second kappa shape index (κ2) is 6.35. The third-order valence-electron chi connectivity index (χ3n) is 5.67. The molecule has 2 aliphatic rings. The fourth-order valence-corrected chi connectivity index (χ4v) is 5.84. The van der Waals surface area contributed by atoms with Crippen molar-refractivity contribution in [3.63, 3.8) is 0 Å². The van der Waals surface area contributed by atoms with E-state index in [-0.39, 0.29) is 12.5 Å². The van der Waals surface area contributed by atoms with Crippen molar-refractivity contribution in [3.8, 4) is 5.75 Å². The Morgan fingerprint density at radius 2 is 1.85 bits per heavy atom. The Balaban J connectivity index is 1.53. The van der Waals surface area contributed by atoms with E-state index in [1.54, 1.807) is 24.1 Å². The molecule has 0 aromatic heterocycles. The summed E-state index contributed by atoms with van der Waals surface area (Å²) >= 11 is 0. The van der Waals surface area contributed by atoms with E-state index in [1.165, 1.54) is 4.31 Å². The number of carbonyl (C=O) groups is 1. The highest BCUT2D eigenvalue weighted by atomic mass is 32.2. The Labute approximate surface area is 159 Å². The van der Waals surface area contributed by atoms with Crippen molar-refractivity contribution in [1.82, 2.24) is 9.21 Å². The largest absolute Gasteiger partial charge is 0.484 e. The highest BCUT2D eigenvalue weighted by molar-refractivity contribution is 7.89. The summed E-state index contributed by atoms with van der Waals surface area (Å²) in [5.41, 5.74) is 1.06. The average Bonchev–Trinajstić information content (AvgIpc) is 3.18. The number of ether oxygens (including phenoxy) is 1. The predicted octanol–water partition coefficient (Wildman–Crippen LogP) is 2.14. The van der Waals surface area contributed by atoms with Crippen molar-refractivity contribution in [2.24, 2.45) is 0 Å². The van der Waals surface area contributed by atoms with Crippen LogP contribution >= 0.6 is 0 Å². The molecule has 1 saturated heterocycles. The number of likely N-dealkylation sites (N-methyl/N-ethyl adjacent to an activating group) is 1. The predicted molar refractivity (Wildman–Crippen MR) is 101 cm³/mol. The van der Waals surface area contributed by atoms with E-state index in [2.05, 4.69) is 0 Å². The molecule has 2 heterocycles. The molecule has 1 amide bonds. The van der Waals surface area contributed by atoms with E-state index in [9.17, 15) is 13.2 Å². The van der Waals surface area contributed by atoms with Gasteiger partial charge in [-0.1, -0.05) is 36.4 Å². The molecule has 1 atom stereocenters. The first kappa shape index (κ1) is 18.0. The van der Waals surface area contributed by atoms with Crippen LogP contribution in [0.4, 0.5) is 0 Å². The van der Waals surface area contributed by atoms with Gasteiger partial charge in [-0.2, -0.15) is 4.31 Å². The van der Waals surface area contributed by atoms with E-state index >= 15 is 0 Å². The van der Waals surface area contributed by atoms with Crippen molar-refractivity contribution in [1.29, 1.82) is 0 Å². The van der Waals surface area contributed by atoms with Gasteiger partial charge in [0.25, 0.3) is 5.91 Å². The maximum atomic E-state index is 12.8. The number of likely N-dealkylation sites (tertiary alicyclic amines) is 1. The zero-order chi connectivity index (χ0) is 19.2. The van der Waals surface area contributed by atoms with E-state index in [0.29, 0.717) is 30.2 Å². The minimum atomic E-state index is -3.52. The van der Waals surface area contributed by atoms with E-state index < -0.39 is 15.6 Å². The quantitative estimate of drug-likeness (QED) is 0.811. The van der Waals surface area contributed by atoms with Crippen molar-refractivity contribution in [2.45, 2.75) is 23.8 Å². The Kier molecular flexibility index (Phi) is 4.24. The number of fused-ring (bicyclic) bond motifs is 2. The molecular formula is C20H22N2O4S. The Hall–Kier alpha value is -2.38. The highest BCUT2D eigenvalue weighted by Crippen LogP contribution is 2.48. The lowest BCUT2D eigenvalue weighted by Crippen LogP contribution is -2.44. The monoisotopic (exact) mass is 386 g/mol. The molecule has 0 N–H and O–H groups in total. The fraction of sp³-hybridized carbons (Fsp3) is 0.350. The lowest BCUT2D eigenvalue weighted by Gasteiger charge is -2.31. The molecule has 1 fully saturated rings. The van der Waals surface area contributed by atoms with Crippen molar-refractivity contribution in [2.75, 3.05) is 26.7 Å². The van der Waals surface area contributed by atoms with Crippen LogP contribution in [0.2, 0.25) is 0 Å². The number of sulfonamides is 1. The standard InChI is InChI=1S/C20H22N2O4S/c1-15-7-3-5-9-17(15)26-13-19(23)22-12-11-20(14-22)16-8-4-6-10-18(16)27(24,25)21(20)2/h3-10H,11-14H2,1-2H3. The molecule has 2 aromatic rings. The topological polar surface area (TPSA) is 66.9 Å². The molecule has 4 rings (SSSR count). The van der Waals surface area contributed by atoms with Crippen molar-refractivity contribution in [3.05, 3.63) is 59.7 Å². The Bertz CT molecular complexity index is 1000. The molecule has 0 radical (unpaired) electrons. The van der Waals surface area contributed by atoms with Crippen LogP contribution < -0.4 is 4.74 Å². The molecular weight excluding hydrogens is 364 g/mol. The number of hydrogen-bond acceptors (Lipinski definition) is 4. The summed E-state index contributed by atoms with van der Waals surface area (Å²) in [5, 5.41) is 0. The van der Waals surface area contributed by atoms with Gasteiger partial charge in [0.2, 0.25) is 10.0 Å². The molecule has 7 heteroatoms. The third kappa shape index (κ3) is 2.73. The summed E-state index contributed by atoms with van der Waals surface area (Å²) in [5.74, 6) is 0.552. The smallest absolute Gasteiger partial charge is 0.260 e. The number of nitrogens with zero attached hydrogens (tertiary/aromatic N) is 2. The molecule has 27 heavy (non-hydrogen) atoms. The second-order valence-corrected chi connectivity index (χ2v) is 9.06. The van der Waals surface area contributed by atoms with Crippen LogP contribution in [0.3, 0.4) is 0 Å². The molecule has 0 bridgehead atoms. The average molecular weight is 386 g/mol. The van der Waals surface area contributed by atoms with Crippen LogP contribution in [0.5, 0.6) is 5.75 Å². The van der Waals surface area contributed by atoms with Crippen LogP contribution in [-0.4, -0.2) is 50.3 Å².